The molecule has 0 aliphatic carbocycles. The maximum absolute atomic E-state index is 11.4. The molecule has 22 heavy (non-hydrogen) atoms. The van der Waals surface area contributed by atoms with Crippen molar-refractivity contribution in [3.05, 3.63) is 42.0 Å². The summed E-state index contributed by atoms with van der Waals surface area (Å²) in [5, 5.41) is 46.3. The minimum absolute atomic E-state index is 0.561. The monoisotopic (exact) mass is 312 g/mol. The van der Waals surface area contributed by atoms with Crippen LogP contribution in [0.25, 0.3) is 6.08 Å². The van der Waals surface area contributed by atoms with Crippen LogP contribution in [0.15, 0.2) is 36.4 Å². The highest BCUT2D eigenvalue weighted by Crippen LogP contribution is 2.06. The summed E-state index contributed by atoms with van der Waals surface area (Å²) in [6.45, 7) is -1.33. The third-order valence-electron chi connectivity index (χ3n) is 2.93. The van der Waals surface area contributed by atoms with Crippen molar-refractivity contribution in [2.24, 2.45) is 0 Å². The number of rotatable bonds is 8. The summed E-state index contributed by atoms with van der Waals surface area (Å²) in [4.78, 5) is 11.4. The van der Waals surface area contributed by atoms with E-state index in [2.05, 4.69) is 0 Å². The normalized spacial score (nSPS) is 17.0. The van der Waals surface area contributed by atoms with Crippen LogP contribution in [0.2, 0.25) is 0 Å². The average Bonchev–Trinajstić information content (AvgIpc) is 2.56. The highest BCUT2D eigenvalue weighted by molar-refractivity contribution is 5.87. The van der Waals surface area contributed by atoms with Crippen LogP contribution < -0.4 is 0 Å². The van der Waals surface area contributed by atoms with Crippen LogP contribution in [0, 0.1) is 0 Å². The summed E-state index contributed by atoms with van der Waals surface area (Å²) < 4.78 is 4.72. The summed E-state index contributed by atoms with van der Waals surface area (Å²) >= 11 is 0. The Morgan fingerprint density at radius 1 is 1.05 bits per heavy atom. The summed E-state index contributed by atoms with van der Waals surface area (Å²) in [5.74, 6) is -0.729. The molecule has 4 atom stereocenters. The number of carbonyl (C=O) groups is 1. The van der Waals surface area contributed by atoms with E-state index in [9.17, 15) is 20.1 Å². The highest BCUT2D eigenvalue weighted by Gasteiger charge is 2.30. The number of benzene rings is 1. The van der Waals surface area contributed by atoms with Crippen molar-refractivity contribution in [3.8, 4) is 0 Å². The zero-order valence-electron chi connectivity index (χ0n) is 11.8. The van der Waals surface area contributed by atoms with Crippen molar-refractivity contribution < 1.29 is 35.1 Å². The first kappa shape index (κ1) is 18.3. The summed E-state index contributed by atoms with van der Waals surface area (Å²) in [5.41, 5.74) is 0.793. The molecule has 1 aromatic carbocycles. The lowest BCUT2D eigenvalue weighted by Crippen LogP contribution is -2.47. The van der Waals surface area contributed by atoms with E-state index >= 15 is 0 Å². The molecule has 7 heteroatoms. The molecule has 0 saturated heterocycles. The van der Waals surface area contributed by atoms with Gasteiger partial charge in [0.05, 0.1) is 6.61 Å². The number of aliphatic hydroxyl groups excluding tert-OH is 5. The third-order valence-corrected chi connectivity index (χ3v) is 2.93. The number of aliphatic hydroxyl groups is 5. The van der Waals surface area contributed by atoms with E-state index in [1.54, 1.807) is 24.3 Å². The number of ether oxygens (including phenoxy) is 1. The zero-order chi connectivity index (χ0) is 16.5. The Hall–Kier alpha value is -1.77. The first-order valence-electron chi connectivity index (χ1n) is 6.68. The molecular weight excluding hydrogens is 292 g/mol. The molecule has 0 aliphatic rings. The molecule has 1 aromatic rings. The van der Waals surface area contributed by atoms with Crippen molar-refractivity contribution >= 4 is 12.0 Å². The molecular formula is C15H20O7. The van der Waals surface area contributed by atoms with E-state index < -0.39 is 43.6 Å². The molecule has 5 N–H and O–H groups in total. The number of hydrogen-bond donors (Lipinski definition) is 5. The summed E-state index contributed by atoms with van der Waals surface area (Å²) in [7, 11) is 0. The standard InChI is InChI=1S/C15H20O7/c16-8-11(17)14(20)15(21)12(18)9-22-13(19)7-6-10-4-2-1-3-5-10/h1-7,11-12,14-18,20-21H,8-9H2/b7-6+/t11-,12-,14-,15+/m1/s1. The Balaban J connectivity index is 2.41. The second-order valence-corrected chi connectivity index (χ2v) is 4.67. The first-order chi connectivity index (χ1) is 10.5. The van der Waals surface area contributed by atoms with E-state index in [1.807, 2.05) is 6.07 Å². The summed E-state index contributed by atoms with van der Waals surface area (Å²) in [6, 6.07) is 9.02. The number of hydrogen-bond acceptors (Lipinski definition) is 7. The molecule has 0 heterocycles. The molecule has 0 aromatic heterocycles. The Morgan fingerprint density at radius 2 is 1.64 bits per heavy atom. The number of esters is 1. The maximum atomic E-state index is 11.4. The molecule has 0 fully saturated rings. The van der Waals surface area contributed by atoms with E-state index in [0.29, 0.717) is 0 Å². The molecule has 0 aliphatic heterocycles. The Kier molecular flexibility index (Phi) is 7.72. The van der Waals surface area contributed by atoms with Crippen LogP contribution in [0.1, 0.15) is 5.56 Å². The average molecular weight is 312 g/mol. The van der Waals surface area contributed by atoms with Crippen LogP contribution in [-0.2, 0) is 9.53 Å². The molecule has 1 rings (SSSR count). The minimum Gasteiger partial charge on any atom is -0.460 e. The molecule has 0 radical (unpaired) electrons. The Labute approximate surface area is 127 Å². The molecule has 0 amide bonds. The van der Waals surface area contributed by atoms with Crippen LogP contribution in [0.3, 0.4) is 0 Å². The Bertz CT molecular complexity index is 474. The van der Waals surface area contributed by atoms with Crippen molar-refractivity contribution in [3.63, 3.8) is 0 Å². The molecule has 0 spiro atoms. The Morgan fingerprint density at radius 3 is 2.23 bits per heavy atom. The molecule has 0 bridgehead atoms. The van der Waals surface area contributed by atoms with Gasteiger partial charge in [-0.3, -0.25) is 0 Å². The zero-order valence-corrected chi connectivity index (χ0v) is 11.8. The predicted molar refractivity (Wildman–Crippen MR) is 77.5 cm³/mol. The molecule has 7 nitrogen and oxygen atoms in total. The predicted octanol–water partition coefficient (Wildman–Crippen LogP) is -1.32. The van der Waals surface area contributed by atoms with Crippen LogP contribution in [0.5, 0.6) is 0 Å². The third kappa shape index (κ3) is 5.92. The van der Waals surface area contributed by atoms with E-state index in [0.717, 1.165) is 11.6 Å². The van der Waals surface area contributed by atoms with E-state index in [-0.39, 0.29) is 0 Å². The quantitative estimate of drug-likeness (QED) is 0.297. The lowest BCUT2D eigenvalue weighted by atomic mass is 10.0. The lowest BCUT2D eigenvalue weighted by Gasteiger charge is -2.25. The van der Waals surface area contributed by atoms with Gasteiger partial charge in [-0.1, -0.05) is 30.3 Å². The van der Waals surface area contributed by atoms with Crippen molar-refractivity contribution in [1.82, 2.24) is 0 Å². The van der Waals surface area contributed by atoms with Gasteiger partial charge in [-0.15, -0.1) is 0 Å². The lowest BCUT2D eigenvalue weighted by molar-refractivity contribution is -0.151. The highest BCUT2D eigenvalue weighted by atomic mass is 16.5. The van der Waals surface area contributed by atoms with Crippen LogP contribution >= 0.6 is 0 Å². The summed E-state index contributed by atoms with van der Waals surface area (Å²) in [6.07, 6.45) is -4.02. The van der Waals surface area contributed by atoms with Gasteiger partial charge < -0.3 is 30.3 Å². The SMILES string of the molecule is O=C(/C=C/c1ccccc1)OC[C@@H](O)[C@H](O)[C@H](O)[C@H](O)CO. The van der Waals surface area contributed by atoms with Gasteiger partial charge in [0.2, 0.25) is 0 Å². The fraction of sp³-hybridized carbons (Fsp3) is 0.400. The number of carbonyl (C=O) groups excluding carboxylic acids is 1. The molecule has 122 valence electrons. The van der Waals surface area contributed by atoms with E-state index in [4.69, 9.17) is 14.9 Å². The minimum atomic E-state index is -1.76. The van der Waals surface area contributed by atoms with Gasteiger partial charge in [0, 0.05) is 6.08 Å². The second kappa shape index (κ2) is 9.29. The second-order valence-electron chi connectivity index (χ2n) is 4.67. The van der Waals surface area contributed by atoms with Crippen LogP contribution in [-0.4, -0.2) is 69.1 Å². The maximum Gasteiger partial charge on any atom is 0.330 e. The largest absolute Gasteiger partial charge is 0.460 e. The smallest absolute Gasteiger partial charge is 0.330 e. The van der Waals surface area contributed by atoms with Gasteiger partial charge in [-0.25, -0.2) is 4.79 Å². The van der Waals surface area contributed by atoms with Gasteiger partial charge in [0.15, 0.2) is 0 Å². The van der Waals surface area contributed by atoms with Crippen molar-refractivity contribution in [2.45, 2.75) is 24.4 Å². The van der Waals surface area contributed by atoms with Crippen LogP contribution in [0.4, 0.5) is 0 Å². The van der Waals surface area contributed by atoms with Gasteiger partial charge >= 0.3 is 5.97 Å². The van der Waals surface area contributed by atoms with Gasteiger partial charge in [-0.2, -0.15) is 0 Å². The van der Waals surface area contributed by atoms with E-state index in [1.165, 1.54) is 6.08 Å². The fourth-order valence-electron chi connectivity index (χ4n) is 1.61. The van der Waals surface area contributed by atoms with Crippen molar-refractivity contribution in [2.75, 3.05) is 13.2 Å². The first-order valence-corrected chi connectivity index (χ1v) is 6.68. The molecule has 0 saturated carbocycles. The van der Waals surface area contributed by atoms with Gasteiger partial charge in [0.25, 0.3) is 0 Å². The fourth-order valence-corrected chi connectivity index (χ4v) is 1.61. The van der Waals surface area contributed by atoms with Gasteiger partial charge in [-0.05, 0) is 11.6 Å². The van der Waals surface area contributed by atoms with Crippen molar-refractivity contribution in [1.29, 1.82) is 0 Å². The van der Waals surface area contributed by atoms with Gasteiger partial charge in [0.1, 0.15) is 31.0 Å². The topological polar surface area (TPSA) is 127 Å². The molecule has 0 unspecified atom stereocenters.